The number of aliphatic carboxylic acids is 2. The number of carboxylic acid groups (broad SMARTS) is 2. The minimum atomic E-state index is -4.26. The predicted molar refractivity (Wildman–Crippen MR) is 70.5 cm³/mol. The lowest BCUT2D eigenvalue weighted by molar-refractivity contribution is -0.145. The summed E-state index contributed by atoms with van der Waals surface area (Å²) >= 11 is 11.3. The first-order valence-corrected chi connectivity index (χ1v) is 7.29. The van der Waals surface area contributed by atoms with Crippen molar-refractivity contribution in [2.24, 2.45) is 0 Å². The van der Waals surface area contributed by atoms with Crippen LogP contribution in [0.2, 0.25) is 10.0 Å². The van der Waals surface area contributed by atoms with Crippen molar-refractivity contribution in [2.75, 3.05) is 0 Å². The van der Waals surface area contributed by atoms with Gasteiger partial charge in [-0.25, -0.2) is 8.42 Å². The zero-order chi connectivity index (χ0) is 15.5. The fraction of sp³-hybridized carbons (Fsp3) is 0.200. The van der Waals surface area contributed by atoms with Crippen LogP contribution >= 0.6 is 23.2 Å². The van der Waals surface area contributed by atoms with E-state index in [1.165, 1.54) is 6.07 Å². The Hall–Kier alpha value is -1.35. The predicted octanol–water partition coefficient (Wildman–Crippen LogP) is 1.20. The van der Waals surface area contributed by atoms with Crippen LogP contribution in [0.5, 0.6) is 0 Å². The van der Waals surface area contributed by atoms with E-state index in [1.807, 2.05) is 0 Å². The van der Waals surface area contributed by atoms with Crippen LogP contribution in [0.3, 0.4) is 0 Å². The van der Waals surface area contributed by atoms with Crippen molar-refractivity contribution >= 4 is 45.2 Å². The molecule has 0 aliphatic carbocycles. The van der Waals surface area contributed by atoms with Crippen molar-refractivity contribution in [2.45, 2.75) is 17.4 Å². The van der Waals surface area contributed by atoms with Crippen LogP contribution in [0, 0.1) is 0 Å². The summed E-state index contributed by atoms with van der Waals surface area (Å²) in [6.07, 6.45) is -0.900. The summed E-state index contributed by atoms with van der Waals surface area (Å²) in [5, 5.41) is 17.4. The number of hydrogen-bond acceptors (Lipinski definition) is 4. The molecule has 0 bridgehead atoms. The quantitative estimate of drug-likeness (QED) is 0.714. The van der Waals surface area contributed by atoms with E-state index in [-0.39, 0.29) is 14.9 Å². The fourth-order valence-electron chi connectivity index (χ4n) is 1.29. The fourth-order valence-corrected chi connectivity index (χ4v) is 3.21. The Morgan fingerprint density at radius 3 is 2.05 bits per heavy atom. The molecule has 10 heteroatoms. The highest BCUT2D eigenvalue weighted by Crippen LogP contribution is 2.22. The van der Waals surface area contributed by atoms with Crippen LogP contribution in [0.1, 0.15) is 6.42 Å². The molecular formula is C10H9Cl2NO6S. The van der Waals surface area contributed by atoms with Crippen molar-refractivity contribution < 1.29 is 28.2 Å². The Balaban J connectivity index is 3.09. The van der Waals surface area contributed by atoms with Gasteiger partial charge in [-0.05, 0) is 18.2 Å². The molecule has 0 aliphatic heterocycles. The molecule has 7 nitrogen and oxygen atoms in total. The summed E-state index contributed by atoms with van der Waals surface area (Å²) in [4.78, 5) is 21.0. The Morgan fingerprint density at radius 1 is 1.15 bits per heavy atom. The summed E-state index contributed by atoms with van der Waals surface area (Å²) in [5.74, 6) is -3.06. The van der Waals surface area contributed by atoms with Gasteiger partial charge in [0.2, 0.25) is 10.0 Å². The van der Waals surface area contributed by atoms with Gasteiger partial charge in [-0.3, -0.25) is 9.59 Å². The first-order chi connectivity index (χ1) is 9.11. The maximum atomic E-state index is 11.9. The summed E-state index contributed by atoms with van der Waals surface area (Å²) in [7, 11) is -4.26. The van der Waals surface area contributed by atoms with E-state index >= 15 is 0 Å². The molecule has 0 aromatic heterocycles. The van der Waals surface area contributed by atoms with Gasteiger partial charge in [0.05, 0.1) is 11.3 Å². The molecule has 0 spiro atoms. The molecule has 0 heterocycles. The Kier molecular flexibility index (Phi) is 5.35. The van der Waals surface area contributed by atoms with Crippen molar-refractivity contribution in [3.05, 3.63) is 28.2 Å². The average Bonchev–Trinajstić information content (AvgIpc) is 2.25. The molecule has 0 unspecified atom stereocenters. The van der Waals surface area contributed by atoms with Gasteiger partial charge in [-0.2, -0.15) is 4.72 Å². The number of halogens is 2. The standard InChI is InChI=1S/C10H9Cl2NO6S/c11-5-1-6(12)3-7(2-5)20(18,19)13-8(10(16)17)4-9(14)15/h1-3,8,13H,4H2,(H,14,15)(H,16,17)/t8-/m0/s1. The second-order valence-electron chi connectivity index (χ2n) is 3.72. The zero-order valence-corrected chi connectivity index (χ0v) is 12.0. The number of nitrogens with one attached hydrogen (secondary N) is 1. The monoisotopic (exact) mass is 341 g/mol. The smallest absolute Gasteiger partial charge is 0.322 e. The van der Waals surface area contributed by atoms with E-state index in [1.54, 1.807) is 4.72 Å². The molecule has 20 heavy (non-hydrogen) atoms. The van der Waals surface area contributed by atoms with Crippen LogP contribution in [-0.2, 0) is 19.6 Å². The first kappa shape index (κ1) is 16.7. The third kappa shape index (κ3) is 4.64. The highest BCUT2D eigenvalue weighted by Gasteiger charge is 2.27. The largest absolute Gasteiger partial charge is 0.481 e. The minimum Gasteiger partial charge on any atom is -0.481 e. The molecule has 1 aromatic carbocycles. The molecular weight excluding hydrogens is 333 g/mol. The number of benzene rings is 1. The molecule has 0 radical (unpaired) electrons. The molecule has 3 N–H and O–H groups in total. The van der Waals surface area contributed by atoms with Gasteiger partial charge >= 0.3 is 11.9 Å². The number of carboxylic acids is 2. The molecule has 1 aromatic rings. The molecule has 0 amide bonds. The summed E-state index contributed by atoms with van der Waals surface area (Å²) < 4.78 is 25.7. The molecule has 1 rings (SSSR count). The molecule has 110 valence electrons. The number of rotatable bonds is 6. The van der Waals surface area contributed by atoms with Gasteiger partial charge in [0.25, 0.3) is 0 Å². The van der Waals surface area contributed by atoms with Gasteiger partial charge in [0, 0.05) is 10.0 Å². The van der Waals surface area contributed by atoms with E-state index in [2.05, 4.69) is 0 Å². The average molecular weight is 342 g/mol. The maximum absolute atomic E-state index is 11.9. The van der Waals surface area contributed by atoms with Crippen LogP contribution in [0.25, 0.3) is 0 Å². The number of hydrogen-bond donors (Lipinski definition) is 3. The Morgan fingerprint density at radius 2 is 1.65 bits per heavy atom. The van der Waals surface area contributed by atoms with E-state index in [4.69, 9.17) is 33.4 Å². The SMILES string of the molecule is O=C(O)C[C@H](NS(=O)(=O)c1cc(Cl)cc(Cl)c1)C(=O)O. The van der Waals surface area contributed by atoms with Crippen molar-refractivity contribution in [3.8, 4) is 0 Å². The summed E-state index contributed by atoms with van der Waals surface area (Å²) in [6, 6.07) is 1.63. The van der Waals surface area contributed by atoms with Crippen molar-refractivity contribution in [3.63, 3.8) is 0 Å². The number of carbonyl (C=O) groups is 2. The molecule has 0 aliphatic rings. The third-order valence-electron chi connectivity index (χ3n) is 2.12. The summed E-state index contributed by atoms with van der Waals surface area (Å²) in [5.41, 5.74) is 0. The van der Waals surface area contributed by atoms with Crippen molar-refractivity contribution in [1.29, 1.82) is 0 Å². The van der Waals surface area contributed by atoms with Gasteiger partial charge in [0.1, 0.15) is 6.04 Å². The maximum Gasteiger partial charge on any atom is 0.322 e. The topological polar surface area (TPSA) is 121 Å². The van der Waals surface area contributed by atoms with Gasteiger partial charge < -0.3 is 10.2 Å². The molecule has 0 saturated heterocycles. The second-order valence-corrected chi connectivity index (χ2v) is 6.30. The summed E-state index contributed by atoms with van der Waals surface area (Å²) in [6.45, 7) is 0. The Bertz CT molecular complexity index is 625. The number of sulfonamides is 1. The Labute approximate surface area is 124 Å². The highest BCUT2D eigenvalue weighted by atomic mass is 35.5. The minimum absolute atomic E-state index is 0.0444. The van der Waals surface area contributed by atoms with Crippen LogP contribution in [0.4, 0.5) is 0 Å². The normalized spacial score (nSPS) is 12.9. The second kappa shape index (κ2) is 6.40. The third-order valence-corrected chi connectivity index (χ3v) is 4.01. The first-order valence-electron chi connectivity index (χ1n) is 5.05. The van der Waals surface area contributed by atoms with Crippen LogP contribution in [0.15, 0.2) is 23.1 Å². The van der Waals surface area contributed by atoms with Gasteiger partial charge in [0.15, 0.2) is 0 Å². The van der Waals surface area contributed by atoms with Gasteiger partial charge in [-0.15, -0.1) is 0 Å². The van der Waals surface area contributed by atoms with Gasteiger partial charge in [-0.1, -0.05) is 23.2 Å². The zero-order valence-electron chi connectivity index (χ0n) is 9.71. The lowest BCUT2D eigenvalue weighted by Crippen LogP contribution is -2.42. The lowest BCUT2D eigenvalue weighted by Gasteiger charge is -2.13. The lowest BCUT2D eigenvalue weighted by atomic mass is 10.2. The van der Waals surface area contributed by atoms with E-state index < -0.39 is 34.4 Å². The highest BCUT2D eigenvalue weighted by molar-refractivity contribution is 7.89. The molecule has 0 fully saturated rings. The van der Waals surface area contributed by atoms with E-state index in [9.17, 15) is 18.0 Å². The van der Waals surface area contributed by atoms with Crippen LogP contribution in [-0.4, -0.2) is 36.6 Å². The molecule has 0 saturated carbocycles. The van der Waals surface area contributed by atoms with E-state index in [0.717, 1.165) is 12.1 Å². The van der Waals surface area contributed by atoms with E-state index in [0.29, 0.717) is 0 Å². The van der Waals surface area contributed by atoms with Crippen LogP contribution < -0.4 is 4.72 Å². The van der Waals surface area contributed by atoms with Crippen molar-refractivity contribution in [1.82, 2.24) is 4.72 Å². The molecule has 1 atom stereocenters.